The predicted molar refractivity (Wildman–Crippen MR) is 59.1 cm³/mol. The number of halogens is 3. The van der Waals surface area contributed by atoms with Crippen LogP contribution in [0.5, 0.6) is 0 Å². The van der Waals surface area contributed by atoms with Crippen molar-refractivity contribution in [2.75, 3.05) is 12.4 Å². The second-order valence-corrected chi connectivity index (χ2v) is 3.58. The average molecular weight is 244 g/mol. The van der Waals surface area contributed by atoms with Crippen LogP contribution < -0.4 is 5.32 Å². The Morgan fingerprint density at radius 2 is 2.06 bits per heavy atom. The van der Waals surface area contributed by atoms with Crippen LogP contribution in [-0.4, -0.2) is 17.0 Å². The van der Waals surface area contributed by atoms with Crippen LogP contribution in [0.1, 0.15) is 12.2 Å². The van der Waals surface area contributed by atoms with Gasteiger partial charge in [-0.15, -0.1) is 0 Å². The van der Waals surface area contributed by atoms with Crippen LogP contribution >= 0.6 is 11.6 Å². The van der Waals surface area contributed by atoms with E-state index in [1.165, 1.54) is 6.07 Å². The fourth-order valence-corrected chi connectivity index (χ4v) is 1.58. The summed E-state index contributed by atoms with van der Waals surface area (Å²) in [4.78, 5) is 7.49. The molecule has 16 heavy (non-hydrogen) atoms. The molecule has 3 nitrogen and oxygen atoms in total. The fourth-order valence-electron chi connectivity index (χ4n) is 1.41. The first-order valence-corrected chi connectivity index (χ1v) is 4.92. The molecule has 0 spiro atoms. The summed E-state index contributed by atoms with van der Waals surface area (Å²) in [6.45, 7) is 0. The number of hydrogen-bond donors (Lipinski definition) is 1. The van der Waals surface area contributed by atoms with Crippen molar-refractivity contribution < 1.29 is 8.78 Å². The van der Waals surface area contributed by atoms with E-state index in [4.69, 9.17) is 11.6 Å². The molecule has 0 saturated carbocycles. The van der Waals surface area contributed by atoms with Gasteiger partial charge in [0, 0.05) is 17.5 Å². The molecule has 1 heterocycles. The number of fused-ring (bicyclic) bond motifs is 1. The maximum atomic E-state index is 12.5. The maximum Gasteiger partial charge on any atom is 0.297 e. The van der Waals surface area contributed by atoms with Crippen LogP contribution in [0.3, 0.4) is 0 Å². The molecule has 0 aliphatic carbocycles. The lowest BCUT2D eigenvalue weighted by Crippen LogP contribution is -2.01. The Bertz CT molecular complexity index is 531. The third-order valence-electron chi connectivity index (χ3n) is 2.11. The molecule has 0 aliphatic rings. The summed E-state index contributed by atoms with van der Waals surface area (Å²) in [5.74, 6) is -0.129. The monoisotopic (exact) mass is 243 g/mol. The van der Waals surface area contributed by atoms with Gasteiger partial charge in [0.05, 0.1) is 5.52 Å². The van der Waals surface area contributed by atoms with E-state index in [9.17, 15) is 8.78 Å². The molecular weight excluding hydrogens is 236 g/mol. The second-order valence-electron chi connectivity index (χ2n) is 3.14. The number of aromatic nitrogens is 2. The summed E-state index contributed by atoms with van der Waals surface area (Å²) < 4.78 is 25.1. The van der Waals surface area contributed by atoms with Crippen LogP contribution in [0, 0.1) is 0 Å². The van der Waals surface area contributed by atoms with Crippen molar-refractivity contribution >= 4 is 28.3 Å². The summed E-state index contributed by atoms with van der Waals surface area (Å²) >= 11 is 5.78. The second kappa shape index (κ2) is 4.17. The molecule has 0 saturated heterocycles. The highest BCUT2D eigenvalue weighted by molar-refractivity contribution is 6.31. The summed E-state index contributed by atoms with van der Waals surface area (Å²) in [6.07, 6.45) is -2.70. The van der Waals surface area contributed by atoms with Gasteiger partial charge in [0.25, 0.3) is 6.43 Å². The van der Waals surface area contributed by atoms with Gasteiger partial charge in [-0.25, -0.2) is 18.7 Å². The van der Waals surface area contributed by atoms with Gasteiger partial charge in [-0.3, -0.25) is 0 Å². The van der Waals surface area contributed by atoms with Crippen molar-refractivity contribution in [1.82, 2.24) is 9.97 Å². The quantitative estimate of drug-likeness (QED) is 0.880. The molecule has 0 radical (unpaired) electrons. The standard InChI is InChI=1S/C10H8ClF2N3/c1-14-9-6-3-2-5(11)4-7(6)15-10(16-9)8(12)13/h2-4,8H,1H3,(H,14,15,16). The first-order valence-electron chi connectivity index (χ1n) is 4.55. The molecule has 2 aromatic rings. The highest BCUT2D eigenvalue weighted by atomic mass is 35.5. The average Bonchev–Trinajstić information content (AvgIpc) is 2.26. The van der Waals surface area contributed by atoms with E-state index < -0.39 is 12.2 Å². The third kappa shape index (κ3) is 1.90. The van der Waals surface area contributed by atoms with Crippen molar-refractivity contribution in [2.24, 2.45) is 0 Å². The van der Waals surface area contributed by atoms with E-state index in [0.29, 0.717) is 21.7 Å². The highest BCUT2D eigenvalue weighted by Gasteiger charge is 2.14. The smallest absolute Gasteiger partial charge is 0.297 e. The topological polar surface area (TPSA) is 37.8 Å². The van der Waals surface area contributed by atoms with Crippen LogP contribution in [-0.2, 0) is 0 Å². The van der Waals surface area contributed by atoms with Crippen LogP contribution in [0.15, 0.2) is 18.2 Å². The number of alkyl halides is 2. The number of hydrogen-bond acceptors (Lipinski definition) is 3. The van der Waals surface area contributed by atoms with E-state index >= 15 is 0 Å². The first-order chi connectivity index (χ1) is 7.61. The van der Waals surface area contributed by atoms with Gasteiger partial charge in [-0.2, -0.15) is 0 Å². The van der Waals surface area contributed by atoms with Gasteiger partial charge in [-0.05, 0) is 18.2 Å². The molecule has 0 aliphatic heterocycles. The van der Waals surface area contributed by atoms with E-state index in [1.54, 1.807) is 19.2 Å². The summed E-state index contributed by atoms with van der Waals surface area (Å²) in [5.41, 5.74) is 0.405. The van der Waals surface area contributed by atoms with Gasteiger partial charge >= 0.3 is 0 Å². The van der Waals surface area contributed by atoms with Crippen molar-refractivity contribution in [3.8, 4) is 0 Å². The lowest BCUT2D eigenvalue weighted by Gasteiger charge is -2.07. The number of nitrogens with one attached hydrogen (secondary N) is 1. The Labute approximate surface area is 95.5 Å². The molecule has 1 aromatic carbocycles. The third-order valence-corrected chi connectivity index (χ3v) is 2.34. The molecular formula is C10H8ClF2N3. The van der Waals surface area contributed by atoms with E-state index in [0.717, 1.165) is 0 Å². The minimum absolute atomic E-state index is 0.372. The molecule has 2 rings (SSSR count). The van der Waals surface area contributed by atoms with Gasteiger partial charge in [0.1, 0.15) is 5.82 Å². The van der Waals surface area contributed by atoms with Crippen LogP contribution in [0.2, 0.25) is 5.02 Å². The van der Waals surface area contributed by atoms with Gasteiger partial charge in [0.2, 0.25) is 0 Å². The Morgan fingerprint density at radius 3 is 2.69 bits per heavy atom. The van der Waals surface area contributed by atoms with E-state index in [1.807, 2.05) is 0 Å². The molecule has 1 aromatic heterocycles. The van der Waals surface area contributed by atoms with Crippen molar-refractivity contribution in [2.45, 2.75) is 6.43 Å². The Morgan fingerprint density at radius 1 is 1.31 bits per heavy atom. The summed E-state index contributed by atoms with van der Waals surface area (Å²) in [6, 6.07) is 4.89. The van der Waals surface area contributed by atoms with Crippen molar-refractivity contribution in [3.63, 3.8) is 0 Å². The van der Waals surface area contributed by atoms with Crippen LogP contribution in [0.25, 0.3) is 10.9 Å². The maximum absolute atomic E-state index is 12.5. The molecule has 1 N–H and O–H groups in total. The molecule has 0 atom stereocenters. The number of anilines is 1. The summed E-state index contributed by atoms with van der Waals surface area (Å²) in [7, 11) is 1.62. The van der Waals surface area contributed by atoms with Gasteiger partial charge in [-0.1, -0.05) is 11.6 Å². The molecule has 0 fully saturated rings. The van der Waals surface area contributed by atoms with Crippen molar-refractivity contribution in [1.29, 1.82) is 0 Å². The number of benzene rings is 1. The highest BCUT2D eigenvalue weighted by Crippen LogP contribution is 2.26. The SMILES string of the molecule is CNc1nc(C(F)F)nc2cc(Cl)ccc12. The van der Waals surface area contributed by atoms with Gasteiger partial charge < -0.3 is 5.32 Å². The zero-order valence-electron chi connectivity index (χ0n) is 8.34. The molecule has 6 heteroatoms. The first kappa shape index (κ1) is 11.0. The van der Waals surface area contributed by atoms with Crippen LogP contribution in [0.4, 0.5) is 14.6 Å². The largest absolute Gasteiger partial charge is 0.373 e. The Balaban J connectivity index is 2.73. The zero-order valence-corrected chi connectivity index (χ0v) is 9.09. The molecule has 0 amide bonds. The fraction of sp³-hybridized carbons (Fsp3) is 0.200. The lowest BCUT2D eigenvalue weighted by atomic mass is 10.2. The normalized spacial score (nSPS) is 11.1. The molecule has 84 valence electrons. The Hall–Kier alpha value is -1.49. The molecule has 0 bridgehead atoms. The van der Waals surface area contributed by atoms with Gasteiger partial charge in [0.15, 0.2) is 5.82 Å². The van der Waals surface area contributed by atoms with E-state index in [-0.39, 0.29) is 0 Å². The molecule has 0 unspecified atom stereocenters. The van der Waals surface area contributed by atoms with Crippen molar-refractivity contribution in [3.05, 3.63) is 29.0 Å². The minimum Gasteiger partial charge on any atom is -0.373 e. The Kier molecular flexibility index (Phi) is 2.87. The number of nitrogens with zero attached hydrogens (tertiary/aromatic N) is 2. The zero-order chi connectivity index (χ0) is 11.7. The summed E-state index contributed by atoms with van der Waals surface area (Å²) in [5, 5.41) is 3.87. The van der Waals surface area contributed by atoms with E-state index in [2.05, 4.69) is 15.3 Å². The number of rotatable bonds is 2. The lowest BCUT2D eigenvalue weighted by molar-refractivity contribution is 0.141. The predicted octanol–water partition coefficient (Wildman–Crippen LogP) is 3.26. The minimum atomic E-state index is -2.70.